The summed E-state index contributed by atoms with van der Waals surface area (Å²) < 4.78 is 29.4. The van der Waals surface area contributed by atoms with E-state index in [1.54, 1.807) is 18.2 Å². The van der Waals surface area contributed by atoms with Gasteiger partial charge in [-0.05, 0) is 36.8 Å². The maximum Gasteiger partial charge on any atom is 0.344 e. The Balaban J connectivity index is 1.65. The van der Waals surface area contributed by atoms with Gasteiger partial charge in [0.25, 0.3) is 0 Å². The van der Waals surface area contributed by atoms with Crippen LogP contribution in [0.1, 0.15) is 35.0 Å². The first-order chi connectivity index (χ1) is 14.4. The molecular formula is C21H19FN2O6. The topological polar surface area (TPSA) is 94.2 Å². The van der Waals surface area contributed by atoms with E-state index >= 15 is 0 Å². The molecule has 0 saturated carbocycles. The van der Waals surface area contributed by atoms with Crippen molar-refractivity contribution in [2.75, 3.05) is 19.5 Å². The first-order valence-electron chi connectivity index (χ1n) is 9.28. The van der Waals surface area contributed by atoms with Gasteiger partial charge in [0.2, 0.25) is 18.0 Å². The Morgan fingerprint density at radius 1 is 1.20 bits per heavy atom. The number of methoxy groups -OCH3 is 2. The molecule has 0 unspecified atom stereocenters. The van der Waals surface area contributed by atoms with Gasteiger partial charge < -0.3 is 19.5 Å². The number of fused-ring (bicyclic) bond motifs is 1. The molecule has 156 valence electrons. The molecule has 30 heavy (non-hydrogen) atoms. The molecule has 1 N–H and O–H groups in total. The number of hydrogen-bond donors (Lipinski definition) is 1. The molecule has 0 spiro atoms. The number of esters is 1. The third-order valence-electron chi connectivity index (χ3n) is 5.17. The lowest BCUT2D eigenvalue weighted by atomic mass is 10.1. The summed E-state index contributed by atoms with van der Waals surface area (Å²) >= 11 is 0. The molecule has 2 aliphatic heterocycles. The molecule has 2 heterocycles. The van der Waals surface area contributed by atoms with E-state index in [9.17, 15) is 18.8 Å². The minimum atomic E-state index is -1.06. The predicted octanol–water partition coefficient (Wildman–Crippen LogP) is 2.64. The molecule has 0 radical (unpaired) electrons. The Hall–Kier alpha value is -3.62. The largest absolute Gasteiger partial charge is 0.493 e. The third-order valence-corrected chi connectivity index (χ3v) is 5.17. The summed E-state index contributed by atoms with van der Waals surface area (Å²) in [5.41, 5.74) is 0.844. The van der Waals surface area contributed by atoms with E-state index in [-0.39, 0.29) is 35.7 Å². The van der Waals surface area contributed by atoms with Crippen LogP contribution in [-0.2, 0) is 14.3 Å². The predicted molar refractivity (Wildman–Crippen MR) is 103 cm³/mol. The van der Waals surface area contributed by atoms with Crippen molar-refractivity contribution in [3.05, 3.63) is 53.3 Å². The number of carbonyl (C=O) groups excluding carboxylic acids is 3. The maximum atomic E-state index is 13.4. The Kier molecular flexibility index (Phi) is 5.03. The van der Waals surface area contributed by atoms with Crippen LogP contribution in [0.5, 0.6) is 11.5 Å². The van der Waals surface area contributed by atoms with Crippen molar-refractivity contribution >= 4 is 23.5 Å². The first kappa shape index (κ1) is 19.7. The number of rotatable bonds is 5. The van der Waals surface area contributed by atoms with E-state index in [0.717, 1.165) is 0 Å². The average molecular weight is 414 g/mol. The number of benzene rings is 2. The van der Waals surface area contributed by atoms with Gasteiger partial charge in [-0.25, -0.2) is 9.18 Å². The number of amides is 2. The van der Waals surface area contributed by atoms with Crippen LogP contribution in [0.4, 0.5) is 10.1 Å². The van der Waals surface area contributed by atoms with Gasteiger partial charge in [0.05, 0.1) is 14.2 Å². The molecule has 9 heteroatoms. The monoisotopic (exact) mass is 414 g/mol. The van der Waals surface area contributed by atoms with Crippen LogP contribution in [0.15, 0.2) is 36.4 Å². The highest BCUT2D eigenvalue weighted by Gasteiger charge is 2.47. The fraction of sp³-hybridized carbons (Fsp3) is 0.286. The molecule has 2 atom stereocenters. The first-order valence-corrected chi connectivity index (χ1v) is 9.28. The van der Waals surface area contributed by atoms with Crippen molar-refractivity contribution in [1.82, 2.24) is 4.90 Å². The van der Waals surface area contributed by atoms with E-state index in [1.807, 2.05) is 0 Å². The maximum absolute atomic E-state index is 13.4. The molecule has 1 saturated heterocycles. The minimum Gasteiger partial charge on any atom is -0.493 e. The van der Waals surface area contributed by atoms with Crippen molar-refractivity contribution in [2.24, 2.45) is 0 Å². The zero-order valence-corrected chi connectivity index (χ0v) is 16.3. The van der Waals surface area contributed by atoms with E-state index < -0.39 is 30.0 Å². The molecule has 2 aliphatic rings. The fourth-order valence-corrected chi connectivity index (χ4v) is 3.83. The molecule has 8 nitrogen and oxygen atoms in total. The normalized spacial score (nSPS) is 20.0. The van der Waals surface area contributed by atoms with Gasteiger partial charge in [-0.2, -0.15) is 0 Å². The van der Waals surface area contributed by atoms with Gasteiger partial charge in [0, 0.05) is 17.7 Å². The van der Waals surface area contributed by atoms with Gasteiger partial charge in [0.1, 0.15) is 17.4 Å². The van der Waals surface area contributed by atoms with Gasteiger partial charge in [-0.3, -0.25) is 14.5 Å². The lowest BCUT2D eigenvalue weighted by Crippen LogP contribution is -2.43. The molecule has 2 aromatic carbocycles. The summed E-state index contributed by atoms with van der Waals surface area (Å²) in [5, 5.41) is 2.62. The molecule has 0 bridgehead atoms. The average Bonchev–Trinajstić information content (AvgIpc) is 3.27. The van der Waals surface area contributed by atoms with Crippen LogP contribution in [0.25, 0.3) is 0 Å². The van der Waals surface area contributed by atoms with Gasteiger partial charge in [-0.15, -0.1) is 0 Å². The minimum absolute atomic E-state index is 0.123. The van der Waals surface area contributed by atoms with Crippen molar-refractivity contribution in [3.63, 3.8) is 0 Å². The number of ether oxygens (including phenoxy) is 3. The zero-order chi connectivity index (χ0) is 21.4. The van der Waals surface area contributed by atoms with Crippen LogP contribution in [0.2, 0.25) is 0 Å². The second kappa shape index (κ2) is 7.66. The second-order valence-electron chi connectivity index (χ2n) is 6.88. The number of likely N-dealkylation sites (tertiary alicyclic amines) is 1. The summed E-state index contributed by atoms with van der Waals surface area (Å²) in [4.78, 5) is 39.3. The number of halogens is 1. The van der Waals surface area contributed by atoms with Gasteiger partial charge in [0.15, 0.2) is 11.5 Å². The number of carbonyl (C=O) groups is 3. The summed E-state index contributed by atoms with van der Waals surface area (Å²) in [6.45, 7) is 0. The van der Waals surface area contributed by atoms with Crippen LogP contribution in [0.3, 0.4) is 0 Å². The fourth-order valence-electron chi connectivity index (χ4n) is 3.83. The lowest BCUT2D eigenvalue weighted by Gasteiger charge is -2.29. The van der Waals surface area contributed by atoms with Crippen molar-refractivity contribution in [3.8, 4) is 11.5 Å². The summed E-state index contributed by atoms with van der Waals surface area (Å²) in [6.07, 6.45) is -0.695. The quantitative estimate of drug-likeness (QED) is 0.756. The van der Waals surface area contributed by atoms with Crippen molar-refractivity contribution in [1.29, 1.82) is 0 Å². The summed E-state index contributed by atoms with van der Waals surface area (Å²) in [7, 11) is 2.84. The van der Waals surface area contributed by atoms with Crippen LogP contribution >= 0.6 is 0 Å². The Morgan fingerprint density at radius 2 is 2.00 bits per heavy atom. The van der Waals surface area contributed by atoms with E-state index in [2.05, 4.69) is 5.32 Å². The highest BCUT2D eigenvalue weighted by Crippen LogP contribution is 2.45. The summed E-state index contributed by atoms with van der Waals surface area (Å²) in [5.74, 6) is -1.43. The van der Waals surface area contributed by atoms with Crippen LogP contribution < -0.4 is 14.8 Å². The smallest absolute Gasteiger partial charge is 0.344 e. The van der Waals surface area contributed by atoms with Gasteiger partial charge in [-0.1, -0.05) is 6.07 Å². The standard InChI is InChI=1S/C21H19FN2O6/c1-28-15-8-6-13-17(18(15)29-2)21(27)30-20(13)24-14(7-9-16(24)25)19(26)23-12-5-3-4-11(22)10-12/h3-6,8,10,14,20H,7,9H2,1-2H3,(H,23,26)/t14-,20-/m1/s1. The molecule has 2 amide bonds. The number of nitrogens with zero attached hydrogens (tertiary/aromatic N) is 1. The Labute approximate surface area is 171 Å². The SMILES string of the molecule is COc1ccc2c(c1OC)C(=O)O[C@H]2N1C(=O)CC[C@@H]1C(=O)Nc1cccc(F)c1. The zero-order valence-electron chi connectivity index (χ0n) is 16.3. The Bertz CT molecular complexity index is 1040. The lowest BCUT2D eigenvalue weighted by molar-refractivity contribution is -0.144. The molecular weight excluding hydrogens is 395 g/mol. The van der Waals surface area contributed by atoms with E-state index in [1.165, 1.54) is 37.3 Å². The van der Waals surface area contributed by atoms with Crippen LogP contribution in [-0.4, -0.2) is 42.9 Å². The Morgan fingerprint density at radius 3 is 2.70 bits per heavy atom. The van der Waals surface area contributed by atoms with E-state index in [4.69, 9.17) is 14.2 Å². The highest BCUT2D eigenvalue weighted by molar-refractivity contribution is 6.01. The molecule has 4 rings (SSSR count). The number of cyclic esters (lactones) is 1. The third kappa shape index (κ3) is 3.22. The van der Waals surface area contributed by atoms with Crippen molar-refractivity contribution in [2.45, 2.75) is 25.1 Å². The molecule has 0 aromatic heterocycles. The summed E-state index contributed by atoms with van der Waals surface area (Å²) in [6, 6.07) is 7.80. The van der Waals surface area contributed by atoms with Crippen molar-refractivity contribution < 1.29 is 33.0 Å². The highest BCUT2D eigenvalue weighted by atomic mass is 19.1. The molecule has 1 fully saturated rings. The second-order valence-corrected chi connectivity index (χ2v) is 6.88. The van der Waals surface area contributed by atoms with Gasteiger partial charge >= 0.3 is 5.97 Å². The molecule has 2 aromatic rings. The number of anilines is 1. The van der Waals surface area contributed by atoms with E-state index in [0.29, 0.717) is 11.3 Å². The number of nitrogens with one attached hydrogen (secondary N) is 1. The van der Waals surface area contributed by atoms with Crippen LogP contribution in [0, 0.1) is 5.82 Å². The number of hydrogen-bond acceptors (Lipinski definition) is 6. The molecule has 0 aliphatic carbocycles.